The molecule has 0 aromatic carbocycles. The van der Waals surface area contributed by atoms with Gasteiger partial charge in [0.1, 0.15) is 0 Å². The summed E-state index contributed by atoms with van der Waals surface area (Å²) in [6.45, 7) is 2.08. The van der Waals surface area contributed by atoms with Crippen molar-refractivity contribution in [2.24, 2.45) is 0 Å². The first-order chi connectivity index (χ1) is 7.25. The zero-order valence-electron chi connectivity index (χ0n) is 9.37. The molecule has 15 heavy (non-hydrogen) atoms. The maximum atomic E-state index is 11.7. The summed E-state index contributed by atoms with van der Waals surface area (Å²) in [5.74, 6) is 0.178. The molecule has 1 saturated heterocycles. The highest BCUT2D eigenvalue weighted by molar-refractivity contribution is 5.78. The first-order valence-electron chi connectivity index (χ1n) is 5.84. The molecule has 0 aromatic rings. The molecule has 2 aliphatic rings. The quantitative estimate of drug-likeness (QED) is 0.716. The molecule has 1 aliphatic carbocycles. The van der Waals surface area contributed by atoms with E-state index in [0.717, 1.165) is 26.0 Å². The fourth-order valence-electron chi connectivity index (χ4n) is 1.85. The number of carbonyl (C=O) groups excluding carboxylic acids is 1. The zero-order valence-corrected chi connectivity index (χ0v) is 9.37. The van der Waals surface area contributed by atoms with Crippen molar-refractivity contribution < 1.29 is 9.53 Å². The molecule has 1 amide bonds. The second kappa shape index (κ2) is 4.94. The summed E-state index contributed by atoms with van der Waals surface area (Å²) in [7, 11) is 1.86. The third-order valence-corrected chi connectivity index (χ3v) is 3.05. The summed E-state index contributed by atoms with van der Waals surface area (Å²) in [4.78, 5) is 13.5. The molecule has 1 aliphatic heterocycles. The predicted octanol–water partition coefficient (Wildman–Crippen LogP) is 0.376. The Morgan fingerprint density at radius 1 is 1.47 bits per heavy atom. The van der Waals surface area contributed by atoms with E-state index in [9.17, 15) is 4.79 Å². The molecule has 2 rings (SSSR count). The number of hydrogen-bond acceptors (Lipinski definition) is 3. The minimum atomic E-state index is 0.178. The standard InChI is InChI=1S/C11H20N2O2/c1-13(8-10-3-2-6-15-10)11(14)7-12-9-4-5-9/h9-10,12H,2-8H2,1H3. The van der Waals surface area contributed by atoms with Gasteiger partial charge in [-0.15, -0.1) is 0 Å². The Balaban J connectivity index is 1.63. The molecular formula is C11H20N2O2. The predicted molar refractivity (Wildman–Crippen MR) is 57.6 cm³/mol. The Labute approximate surface area is 91.0 Å². The second-order valence-electron chi connectivity index (χ2n) is 4.56. The summed E-state index contributed by atoms with van der Waals surface area (Å²) in [6.07, 6.45) is 4.94. The number of amides is 1. The number of ether oxygens (including phenoxy) is 1. The molecule has 0 bridgehead atoms. The van der Waals surface area contributed by atoms with Crippen molar-refractivity contribution in [1.82, 2.24) is 10.2 Å². The molecule has 0 radical (unpaired) electrons. The van der Waals surface area contributed by atoms with Crippen molar-refractivity contribution in [3.05, 3.63) is 0 Å². The highest BCUT2D eigenvalue weighted by atomic mass is 16.5. The van der Waals surface area contributed by atoms with Gasteiger partial charge in [0.25, 0.3) is 0 Å². The second-order valence-corrected chi connectivity index (χ2v) is 4.56. The van der Waals surface area contributed by atoms with Crippen molar-refractivity contribution in [1.29, 1.82) is 0 Å². The van der Waals surface area contributed by atoms with Crippen LogP contribution in [0, 0.1) is 0 Å². The first-order valence-corrected chi connectivity index (χ1v) is 5.84. The summed E-state index contributed by atoms with van der Waals surface area (Å²) in [6, 6.07) is 0.602. The Hall–Kier alpha value is -0.610. The van der Waals surface area contributed by atoms with Crippen molar-refractivity contribution >= 4 is 5.91 Å². The van der Waals surface area contributed by atoms with Gasteiger partial charge in [-0.25, -0.2) is 0 Å². The number of nitrogens with one attached hydrogen (secondary N) is 1. The van der Waals surface area contributed by atoms with E-state index < -0.39 is 0 Å². The highest BCUT2D eigenvalue weighted by Gasteiger charge is 2.23. The van der Waals surface area contributed by atoms with E-state index >= 15 is 0 Å². The van der Waals surface area contributed by atoms with Crippen LogP contribution >= 0.6 is 0 Å². The van der Waals surface area contributed by atoms with Gasteiger partial charge in [0, 0.05) is 26.2 Å². The number of nitrogens with zero attached hydrogens (tertiary/aromatic N) is 1. The average Bonchev–Trinajstić information content (AvgIpc) is 2.92. The van der Waals surface area contributed by atoms with Crippen LogP contribution in [0.4, 0.5) is 0 Å². The third kappa shape index (κ3) is 3.47. The lowest BCUT2D eigenvalue weighted by atomic mass is 10.2. The summed E-state index contributed by atoms with van der Waals surface area (Å²) < 4.78 is 5.50. The molecular weight excluding hydrogens is 192 g/mol. The van der Waals surface area contributed by atoms with E-state index in [-0.39, 0.29) is 12.0 Å². The van der Waals surface area contributed by atoms with Crippen molar-refractivity contribution in [2.75, 3.05) is 26.7 Å². The van der Waals surface area contributed by atoms with Crippen LogP contribution in [0.5, 0.6) is 0 Å². The molecule has 2 fully saturated rings. The fraction of sp³-hybridized carbons (Fsp3) is 0.909. The summed E-state index contributed by atoms with van der Waals surface area (Å²) in [5, 5.41) is 3.23. The van der Waals surface area contributed by atoms with Crippen LogP contribution in [0.3, 0.4) is 0 Å². The zero-order chi connectivity index (χ0) is 10.7. The first kappa shape index (κ1) is 10.9. The molecule has 4 nitrogen and oxygen atoms in total. The maximum absolute atomic E-state index is 11.7. The molecule has 4 heteroatoms. The van der Waals surface area contributed by atoms with Gasteiger partial charge in [-0.05, 0) is 25.7 Å². The Morgan fingerprint density at radius 3 is 2.87 bits per heavy atom. The van der Waals surface area contributed by atoms with E-state index in [1.807, 2.05) is 7.05 Å². The average molecular weight is 212 g/mol. The van der Waals surface area contributed by atoms with Gasteiger partial charge in [-0.1, -0.05) is 0 Å². The van der Waals surface area contributed by atoms with Gasteiger partial charge in [0.05, 0.1) is 12.6 Å². The normalized spacial score (nSPS) is 25.5. The molecule has 0 aromatic heterocycles. The largest absolute Gasteiger partial charge is 0.376 e. The minimum absolute atomic E-state index is 0.178. The van der Waals surface area contributed by atoms with Gasteiger partial charge >= 0.3 is 0 Å². The van der Waals surface area contributed by atoms with Crippen LogP contribution in [0.2, 0.25) is 0 Å². The van der Waals surface area contributed by atoms with Crippen LogP contribution in [-0.4, -0.2) is 49.7 Å². The maximum Gasteiger partial charge on any atom is 0.236 e. The van der Waals surface area contributed by atoms with Crippen LogP contribution in [0.15, 0.2) is 0 Å². The van der Waals surface area contributed by atoms with Crippen LogP contribution in [-0.2, 0) is 9.53 Å². The number of carbonyl (C=O) groups is 1. The molecule has 0 spiro atoms. The SMILES string of the molecule is CN(CC1CCCO1)C(=O)CNC1CC1. The van der Waals surface area contributed by atoms with Gasteiger partial charge in [-0.2, -0.15) is 0 Å². The van der Waals surface area contributed by atoms with E-state index in [4.69, 9.17) is 4.74 Å². The Morgan fingerprint density at radius 2 is 2.27 bits per heavy atom. The van der Waals surface area contributed by atoms with Crippen LogP contribution < -0.4 is 5.32 Å². The van der Waals surface area contributed by atoms with Crippen LogP contribution in [0.1, 0.15) is 25.7 Å². The van der Waals surface area contributed by atoms with Gasteiger partial charge in [-0.3, -0.25) is 4.79 Å². The monoisotopic (exact) mass is 212 g/mol. The van der Waals surface area contributed by atoms with Crippen molar-refractivity contribution in [2.45, 2.75) is 37.8 Å². The minimum Gasteiger partial charge on any atom is -0.376 e. The lowest BCUT2D eigenvalue weighted by Gasteiger charge is -2.20. The number of hydrogen-bond donors (Lipinski definition) is 1. The number of rotatable bonds is 5. The highest BCUT2D eigenvalue weighted by Crippen LogP contribution is 2.18. The summed E-state index contributed by atoms with van der Waals surface area (Å²) in [5.41, 5.74) is 0. The molecule has 1 N–H and O–H groups in total. The molecule has 86 valence electrons. The lowest BCUT2D eigenvalue weighted by molar-refractivity contribution is -0.130. The smallest absolute Gasteiger partial charge is 0.236 e. The van der Waals surface area contributed by atoms with E-state index in [0.29, 0.717) is 12.6 Å². The van der Waals surface area contributed by atoms with Crippen molar-refractivity contribution in [3.8, 4) is 0 Å². The fourth-order valence-corrected chi connectivity index (χ4v) is 1.85. The van der Waals surface area contributed by atoms with Crippen molar-refractivity contribution in [3.63, 3.8) is 0 Å². The van der Waals surface area contributed by atoms with Gasteiger partial charge < -0.3 is 15.0 Å². The topological polar surface area (TPSA) is 41.6 Å². The van der Waals surface area contributed by atoms with Gasteiger partial charge in [0.2, 0.25) is 5.91 Å². The van der Waals surface area contributed by atoms with Crippen LogP contribution in [0.25, 0.3) is 0 Å². The molecule has 1 unspecified atom stereocenters. The van der Waals surface area contributed by atoms with E-state index in [1.54, 1.807) is 4.90 Å². The molecule has 1 heterocycles. The Bertz CT molecular complexity index is 223. The number of likely N-dealkylation sites (N-methyl/N-ethyl adjacent to an activating group) is 1. The third-order valence-electron chi connectivity index (χ3n) is 3.05. The summed E-state index contributed by atoms with van der Waals surface area (Å²) >= 11 is 0. The van der Waals surface area contributed by atoms with Gasteiger partial charge in [0.15, 0.2) is 0 Å². The van der Waals surface area contributed by atoms with E-state index in [1.165, 1.54) is 12.8 Å². The molecule has 1 saturated carbocycles. The van der Waals surface area contributed by atoms with E-state index in [2.05, 4.69) is 5.32 Å². The molecule has 1 atom stereocenters. The Kier molecular flexibility index (Phi) is 3.59. The lowest BCUT2D eigenvalue weighted by Crippen LogP contribution is -2.40.